The Morgan fingerprint density at radius 2 is 2.19 bits per heavy atom. The molecule has 1 aliphatic rings. The zero-order valence-corrected chi connectivity index (χ0v) is 15.7. The summed E-state index contributed by atoms with van der Waals surface area (Å²) in [4.78, 5) is 23.8. The first-order valence-electron chi connectivity index (χ1n) is 9.13. The molecular weight excluding hydrogens is 350 g/mol. The number of amides is 2. The maximum Gasteiger partial charge on any atom is 0.407 e. The van der Waals surface area contributed by atoms with E-state index in [4.69, 9.17) is 9.26 Å². The average Bonchev–Trinajstić information content (AvgIpc) is 3.28. The molecule has 1 fully saturated rings. The fourth-order valence-corrected chi connectivity index (χ4v) is 3.27. The molecule has 0 radical (unpaired) electrons. The predicted octanol–water partition coefficient (Wildman–Crippen LogP) is 2.66. The maximum atomic E-state index is 12.1. The third kappa shape index (κ3) is 5.32. The minimum absolute atomic E-state index is 0.0815. The summed E-state index contributed by atoms with van der Waals surface area (Å²) in [6, 6.07) is 3.65. The molecule has 0 aliphatic heterocycles. The minimum atomic E-state index is -0.378. The fourth-order valence-electron chi connectivity index (χ4n) is 3.27. The summed E-state index contributed by atoms with van der Waals surface area (Å²) < 4.78 is 10.1. The quantitative estimate of drug-likeness (QED) is 0.713. The summed E-state index contributed by atoms with van der Waals surface area (Å²) in [6.45, 7) is 5.42. The first-order valence-corrected chi connectivity index (χ1v) is 9.13. The number of H-pyrrole nitrogens is 1. The minimum Gasteiger partial charge on any atom is -0.447 e. The Hall–Kier alpha value is -2.84. The van der Waals surface area contributed by atoms with E-state index in [1.54, 1.807) is 13.0 Å². The molecule has 9 nitrogen and oxygen atoms in total. The molecule has 0 spiro atoms. The third-order valence-electron chi connectivity index (χ3n) is 4.42. The van der Waals surface area contributed by atoms with Crippen LogP contribution in [0.2, 0.25) is 0 Å². The van der Waals surface area contributed by atoms with Crippen molar-refractivity contribution < 1.29 is 18.8 Å². The number of carbonyl (C=O) groups is 2. The van der Waals surface area contributed by atoms with Gasteiger partial charge in [-0.25, -0.2) is 4.79 Å². The van der Waals surface area contributed by atoms with Gasteiger partial charge in [-0.05, 0) is 40.0 Å². The molecule has 146 valence electrons. The lowest BCUT2D eigenvalue weighted by Gasteiger charge is -2.14. The lowest BCUT2D eigenvalue weighted by Crippen LogP contribution is -2.34. The number of nitrogens with one attached hydrogen (secondary N) is 3. The molecule has 0 aromatic carbocycles. The second kappa shape index (κ2) is 8.24. The molecule has 1 saturated carbocycles. The molecule has 1 aliphatic carbocycles. The molecule has 2 aromatic heterocycles. The van der Waals surface area contributed by atoms with Crippen LogP contribution in [0.15, 0.2) is 16.7 Å². The van der Waals surface area contributed by atoms with Gasteiger partial charge in [0.15, 0.2) is 5.82 Å². The summed E-state index contributed by atoms with van der Waals surface area (Å²) in [6.07, 6.45) is 2.23. The van der Waals surface area contributed by atoms with Gasteiger partial charge in [-0.2, -0.15) is 5.10 Å². The van der Waals surface area contributed by atoms with Crippen LogP contribution in [0.25, 0.3) is 0 Å². The van der Waals surface area contributed by atoms with Crippen molar-refractivity contribution in [3.8, 4) is 0 Å². The number of hydrogen-bond donors (Lipinski definition) is 3. The van der Waals surface area contributed by atoms with Crippen LogP contribution in [-0.2, 0) is 16.0 Å². The van der Waals surface area contributed by atoms with E-state index in [0.717, 1.165) is 25.0 Å². The Morgan fingerprint density at radius 3 is 2.89 bits per heavy atom. The van der Waals surface area contributed by atoms with Crippen LogP contribution in [0.5, 0.6) is 0 Å². The largest absolute Gasteiger partial charge is 0.447 e. The van der Waals surface area contributed by atoms with Crippen LogP contribution in [0.1, 0.15) is 56.2 Å². The highest BCUT2D eigenvalue weighted by Crippen LogP contribution is 2.34. The second-order valence-electron chi connectivity index (χ2n) is 7.17. The Bertz CT molecular complexity index is 797. The van der Waals surface area contributed by atoms with Crippen molar-refractivity contribution in [2.75, 3.05) is 5.32 Å². The second-order valence-corrected chi connectivity index (χ2v) is 7.17. The Morgan fingerprint density at radius 1 is 1.37 bits per heavy atom. The van der Waals surface area contributed by atoms with Gasteiger partial charge < -0.3 is 19.9 Å². The standard InChI is InChI=1S/C18H25N5O4/c1-10(2)26-18(25)19-13-5-4-12(7-13)15-9-16(22-21-15)20-17(24)8-14-6-11(3)27-23-14/h6,9-10,12-13H,4-5,7-8H2,1-3H3,(H,19,25)(H2,20,21,22,24)/t12-,13+/m1/s1. The number of aromatic nitrogens is 3. The van der Waals surface area contributed by atoms with Crippen LogP contribution in [-0.4, -0.2) is 39.5 Å². The summed E-state index contributed by atoms with van der Waals surface area (Å²) in [5.74, 6) is 1.20. The number of anilines is 1. The van der Waals surface area contributed by atoms with Gasteiger partial charge in [0, 0.05) is 29.8 Å². The molecule has 2 amide bonds. The van der Waals surface area contributed by atoms with E-state index in [0.29, 0.717) is 17.3 Å². The first kappa shape index (κ1) is 18.9. The highest BCUT2D eigenvalue weighted by Gasteiger charge is 2.29. The zero-order chi connectivity index (χ0) is 19.4. The summed E-state index contributed by atoms with van der Waals surface area (Å²) in [5, 5.41) is 16.6. The molecular formula is C18H25N5O4. The first-order chi connectivity index (χ1) is 12.9. The van der Waals surface area contributed by atoms with Crippen molar-refractivity contribution in [1.82, 2.24) is 20.7 Å². The van der Waals surface area contributed by atoms with Gasteiger partial charge in [0.1, 0.15) is 5.76 Å². The van der Waals surface area contributed by atoms with Crippen molar-refractivity contribution in [2.45, 2.75) is 64.5 Å². The molecule has 2 atom stereocenters. The molecule has 2 aromatic rings. The fraction of sp³-hybridized carbons (Fsp3) is 0.556. The number of nitrogens with zero attached hydrogens (tertiary/aromatic N) is 2. The molecule has 0 unspecified atom stereocenters. The van der Waals surface area contributed by atoms with Crippen molar-refractivity contribution in [2.24, 2.45) is 0 Å². The molecule has 2 heterocycles. The highest BCUT2D eigenvalue weighted by atomic mass is 16.6. The van der Waals surface area contributed by atoms with E-state index in [2.05, 4.69) is 26.0 Å². The average molecular weight is 375 g/mol. The van der Waals surface area contributed by atoms with Crippen LogP contribution in [0.4, 0.5) is 10.6 Å². The SMILES string of the molecule is Cc1cc(CC(=O)Nc2cc([C@@H]3CC[C@H](NC(=O)OC(C)C)C3)[nH]n2)no1. The van der Waals surface area contributed by atoms with Gasteiger partial charge in [0.25, 0.3) is 0 Å². The molecule has 3 rings (SSSR count). The Labute approximate surface area is 157 Å². The van der Waals surface area contributed by atoms with Crippen LogP contribution >= 0.6 is 0 Å². The number of alkyl carbamates (subject to hydrolysis) is 1. The molecule has 0 bridgehead atoms. The van der Waals surface area contributed by atoms with Gasteiger partial charge >= 0.3 is 6.09 Å². The third-order valence-corrected chi connectivity index (χ3v) is 4.42. The lowest BCUT2D eigenvalue weighted by molar-refractivity contribution is -0.115. The van der Waals surface area contributed by atoms with Crippen molar-refractivity contribution in [1.29, 1.82) is 0 Å². The Kier molecular flexibility index (Phi) is 5.78. The van der Waals surface area contributed by atoms with Gasteiger partial charge in [0.05, 0.1) is 18.2 Å². The number of aromatic amines is 1. The van der Waals surface area contributed by atoms with Crippen LogP contribution in [0.3, 0.4) is 0 Å². The zero-order valence-electron chi connectivity index (χ0n) is 15.7. The van der Waals surface area contributed by atoms with Crippen molar-refractivity contribution >= 4 is 17.8 Å². The van der Waals surface area contributed by atoms with Gasteiger partial charge in [-0.3, -0.25) is 9.89 Å². The topological polar surface area (TPSA) is 122 Å². The molecule has 0 saturated heterocycles. The van der Waals surface area contributed by atoms with E-state index >= 15 is 0 Å². The maximum absolute atomic E-state index is 12.1. The molecule has 3 N–H and O–H groups in total. The number of rotatable bonds is 6. The number of carbonyl (C=O) groups excluding carboxylic acids is 2. The lowest BCUT2D eigenvalue weighted by atomic mass is 10.0. The number of hydrogen-bond acceptors (Lipinski definition) is 6. The van der Waals surface area contributed by atoms with Gasteiger partial charge in [-0.15, -0.1) is 0 Å². The van der Waals surface area contributed by atoms with Crippen molar-refractivity contribution in [3.05, 3.63) is 29.3 Å². The van der Waals surface area contributed by atoms with Gasteiger partial charge in [-0.1, -0.05) is 5.16 Å². The number of aryl methyl sites for hydroxylation is 1. The summed E-state index contributed by atoms with van der Waals surface area (Å²) >= 11 is 0. The summed E-state index contributed by atoms with van der Waals surface area (Å²) in [7, 11) is 0. The van der Waals surface area contributed by atoms with E-state index in [-0.39, 0.29) is 36.5 Å². The van der Waals surface area contributed by atoms with Gasteiger partial charge in [0.2, 0.25) is 5.91 Å². The Balaban J connectivity index is 1.49. The predicted molar refractivity (Wildman–Crippen MR) is 97.3 cm³/mol. The monoisotopic (exact) mass is 375 g/mol. The number of ether oxygens (including phenoxy) is 1. The van der Waals surface area contributed by atoms with E-state index in [1.165, 1.54) is 0 Å². The van der Waals surface area contributed by atoms with Crippen LogP contribution < -0.4 is 10.6 Å². The normalized spacial score (nSPS) is 19.3. The molecule has 9 heteroatoms. The smallest absolute Gasteiger partial charge is 0.407 e. The highest BCUT2D eigenvalue weighted by molar-refractivity contribution is 5.91. The van der Waals surface area contributed by atoms with Crippen molar-refractivity contribution in [3.63, 3.8) is 0 Å². The van der Waals surface area contributed by atoms with E-state index in [1.807, 2.05) is 19.9 Å². The van der Waals surface area contributed by atoms with E-state index in [9.17, 15) is 9.59 Å². The molecule has 27 heavy (non-hydrogen) atoms. The van der Waals surface area contributed by atoms with Crippen LogP contribution in [0, 0.1) is 6.92 Å². The summed E-state index contributed by atoms with van der Waals surface area (Å²) in [5.41, 5.74) is 1.53. The van der Waals surface area contributed by atoms with E-state index < -0.39 is 0 Å².